The SMILES string of the molecule is COc1cc(C#N)cc(-c2ccccc2)c1-n1c2ccccc2c2ccccc21. The Morgan fingerprint density at radius 3 is 1.93 bits per heavy atom. The van der Waals surface area contributed by atoms with E-state index < -0.39 is 0 Å². The molecule has 0 atom stereocenters. The van der Waals surface area contributed by atoms with E-state index in [2.05, 4.69) is 71.3 Å². The Bertz CT molecular complexity index is 1340. The summed E-state index contributed by atoms with van der Waals surface area (Å²) in [5.41, 5.74) is 5.73. The molecule has 3 heteroatoms. The highest BCUT2D eigenvalue weighted by Gasteiger charge is 2.20. The van der Waals surface area contributed by atoms with Crippen molar-refractivity contribution in [2.75, 3.05) is 7.11 Å². The molecule has 5 rings (SSSR count). The van der Waals surface area contributed by atoms with Gasteiger partial charge in [0.2, 0.25) is 0 Å². The molecule has 0 unspecified atom stereocenters. The number of rotatable bonds is 3. The number of benzene rings is 4. The van der Waals surface area contributed by atoms with E-state index in [1.54, 1.807) is 7.11 Å². The second-order valence-corrected chi connectivity index (χ2v) is 6.92. The van der Waals surface area contributed by atoms with Gasteiger partial charge in [-0.2, -0.15) is 5.26 Å². The molecule has 4 aromatic carbocycles. The van der Waals surface area contributed by atoms with Crippen LogP contribution in [-0.4, -0.2) is 11.7 Å². The summed E-state index contributed by atoms with van der Waals surface area (Å²) in [4.78, 5) is 0. The minimum Gasteiger partial charge on any atom is -0.494 e. The molecule has 0 aliphatic rings. The Balaban J connectivity index is 1.98. The van der Waals surface area contributed by atoms with Crippen molar-refractivity contribution in [2.24, 2.45) is 0 Å². The second-order valence-electron chi connectivity index (χ2n) is 6.92. The molecule has 0 aliphatic carbocycles. The number of para-hydroxylation sites is 2. The van der Waals surface area contributed by atoms with E-state index in [0.29, 0.717) is 11.3 Å². The average Bonchev–Trinajstić information content (AvgIpc) is 3.13. The third-order valence-corrected chi connectivity index (χ3v) is 5.31. The van der Waals surface area contributed by atoms with Gasteiger partial charge >= 0.3 is 0 Å². The topological polar surface area (TPSA) is 37.9 Å². The normalized spacial score (nSPS) is 10.9. The predicted octanol–water partition coefficient (Wildman–Crippen LogP) is 6.33. The molecule has 0 fully saturated rings. The molecule has 0 radical (unpaired) electrons. The fraction of sp³-hybridized carbons (Fsp3) is 0.0385. The molecule has 0 N–H and O–H groups in total. The van der Waals surface area contributed by atoms with Gasteiger partial charge in [-0.15, -0.1) is 0 Å². The number of fused-ring (bicyclic) bond motifs is 3. The summed E-state index contributed by atoms with van der Waals surface area (Å²) in [6.45, 7) is 0. The lowest BCUT2D eigenvalue weighted by Gasteiger charge is -2.18. The Morgan fingerprint density at radius 1 is 0.759 bits per heavy atom. The first-order chi connectivity index (χ1) is 14.3. The molecule has 138 valence electrons. The minimum absolute atomic E-state index is 0.574. The lowest BCUT2D eigenvalue weighted by molar-refractivity contribution is 0.413. The monoisotopic (exact) mass is 374 g/mol. The van der Waals surface area contributed by atoms with Gasteiger partial charge in [0.25, 0.3) is 0 Å². The number of nitriles is 1. The van der Waals surface area contributed by atoms with Crippen molar-refractivity contribution in [1.82, 2.24) is 4.57 Å². The van der Waals surface area contributed by atoms with Gasteiger partial charge in [-0.1, -0.05) is 66.7 Å². The Labute approximate surface area is 169 Å². The zero-order valence-electron chi connectivity index (χ0n) is 16.0. The van der Waals surface area contributed by atoms with Crippen LogP contribution in [0.15, 0.2) is 91.0 Å². The van der Waals surface area contributed by atoms with Crippen LogP contribution in [0.5, 0.6) is 5.75 Å². The summed E-state index contributed by atoms with van der Waals surface area (Å²) in [6.07, 6.45) is 0. The summed E-state index contributed by atoms with van der Waals surface area (Å²) < 4.78 is 8.04. The first-order valence-electron chi connectivity index (χ1n) is 9.48. The number of nitrogens with zero attached hydrogens (tertiary/aromatic N) is 2. The van der Waals surface area contributed by atoms with Crippen LogP contribution in [0.1, 0.15) is 5.56 Å². The predicted molar refractivity (Wildman–Crippen MR) is 117 cm³/mol. The molecular weight excluding hydrogens is 356 g/mol. The van der Waals surface area contributed by atoms with Crippen LogP contribution in [0.25, 0.3) is 38.6 Å². The summed E-state index contributed by atoms with van der Waals surface area (Å²) in [5, 5.41) is 12.0. The smallest absolute Gasteiger partial charge is 0.144 e. The van der Waals surface area contributed by atoms with E-state index in [0.717, 1.165) is 27.8 Å². The Hall–Kier alpha value is -4.03. The van der Waals surface area contributed by atoms with Gasteiger partial charge in [0, 0.05) is 22.4 Å². The standard InChI is InChI=1S/C26H18N2O/c1-29-25-16-18(17-27)15-22(19-9-3-2-4-10-19)26(25)28-23-13-7-5-11-20(23)21-12-6-8-14-24(21)28/h2-16H,1H3. The van der Waals surface area contributed by atoms with E-state index in [4.69, 9.17) is 4.74 Å². The molecule has 0 saturated carbocycles. The maximum atomic E-state index is 9.58. The zero-order chi connectivity index (χ0) is 19.8. The number of ether oxygens (including phenoxy) is 1. The highest BCUT2D eigenvalue weighted by molar-refractivity contribution is 6.10. The van der Waals surface area contributed by atoms with Crippen molar-refractivity contribution in [2.45, 2.75) is 0 Å². The van der Waals surface area contributed by atoms with Gasteiger partial charge in [0.1, 0.15) is 5.75 Å². The number of hydrogen-bond donors (Lipinski definition) is 0. The fourth-order valence-electron chi connectivity index (χ4n) is 4.06. The molecular formula is C26H18N2O. The van der Waals surface area contributed by atoms with Crippen LogP contribution in [0.4, 0.5) is 0 Å². The molecule has 0 amide bonds. The minimum atomic E-state index is 0.574. The molecule has 0 spiro atoms. The molecule has 5 aromatic rings. The highest BCUT2D eigenvalue weighted by atomic mass is 16.5. The molecule has 0 aliphatic heterocycles. The van der Waals surface area contributed by atoms with Gasteiger partial charge in [-0.3, -0.25) is 0 Å². The molecule has 1 aromatic heterocycles. The average molecular weight is 374 g/mol. The highest BCUT2D eigenvalue weighted by Crippen LogP contribution is 2.41. The van der Waals surface area contributed by atoms with E-state index >= 15 is 0 Å². The van der Waals surface area contributed by atoms with E-state index in [1.165, 1.54) is 10.8 Å². The Kier molecular flexibility index (Phi) is 4.04. The van der Waals surface area contributed by atoms with E-state index in [9.17, 15) is 5.26 Å². The zero-order valence-corrected chi connectivity index (χ0v) is 16.0. The molecule has 3 nitrogen and oxygen atoms in total. The van der Waals surface area contributed by atoms with Crippen molar-refractivity contribution >= 4 is 21.8 Å². The first-order valence-corrected chi connectivity index (χ1v) is 9.48. The molecule has 0 saturated heterocycles. The third-order valence-electron chi connectivity index (χ3n) is 5.31. The molecule has 0 bridgehead atoms. The third kappa shape index (κ3) is 2.66. The summed E-state index contributed by atoms with van der Waals surface area (Å²) in [7, 11) is 1.66. The van der Waals surface area contributed by atoms with Crippen LogP contribution in [0.2, 0.25) is 0 Å². The first kappa shape index (κ1) is 17.1. The van der Waals surface area contributed by atoms with Crippen molar-refractivity contribution in [3.05, 3.63) is 96.6 Å². The lowest BCUT2D eigenvalue weighted by atomic mass is 10.00. The molecule has 29 heavy (non-hydrogen) atoms. The second kappa shape index (κ2) is 6.85. The lowest BCUT2D eigenvalue weighted by Crippen LogP contribution is -2.02. The van der Waals surface area contributed by atoms with Gasteiger partial charge in [-0.25, -0.2) is 0 Å². The fourth-order valence-corrected chi connectivity index (χ4v) is 4.06. The van der Waals surface area contributed by atoms with Crippen LogP contribution in [0.3, 0.4) is 0 Å². The number of aromatic nitrogens is 1. The van der Waals surface area contributed by atoms with E-state index in [-0.39, 0.29) is 0 Å². The van der Waals surface area contributed by atoms with Crippen LogP contribution in [-0.2, 0) is 0 Å². The number of hydrogen-bond acceptors (Lipinski definition) is 2. The molecule has 1 heterocycles. The van der Waals surface area contributed by atoms with Crippen LogP contribution < -0.4 is 4.74 Å². The maximum absolute atomic E-state index is 9.58. The van der Waals surface area contributed by atoms with Crippen molar-refractivity contribution in [3.8, 4) is 28.6 Å². The van der Waals surface area contributed by atoms with Crippen LogP contribution in [0, 0.1) is 11.3 Å². The number of methoxy groups -OCH3 is 1. The van der Waals surface area contributed by atoms with Crippen molar-refractivity contribution in [3.63, 3.8) is 0 Å². The summed E-state index contributed by atoms with van der Waals surface area (Å²) >= 11 is 0. The van der Waals surface area contributed by atoms with E-state index in [1.807, 2.05) is 30.3 Å². The summed E-state index contributed by atoms with van der Waals surface area (Å²) in [6, 6.07) is 32.9. The van der Waals surface area contributed by atoms with Gasteiger partial charge in [-0.05, 0) is 23.8 Å². The Morgan fingerprint density at radius 2 is 1.34 bits per heavy atom. The van der Waals surface area contributed by atoms with Gasteiger partial charge in [0.05, 0.1) is 35.5 Å². The van der Waals surface area contributed by atoms with Crippen LogP contribution >= 0.6 is 0 Å². The van der Waals surface area contributed by atoms with Gasteiger partial charge < -0.3 is 9.30 Å². The summed E-state index contributed by atoms with van der Waals surface area (Å²) in [5.74, 6) is 0.675. The maximum Gasteiger partial charge on any atom is 0.144 e. The van der Waals surface area contributed by atoms with Gasteiger partial charge in [0.15, 0.2) is 0 Å². The van der Waals surface area contributed by atoms with Crippen molar-refractivity contribution in [1.29, 1.82) is 5.26 Å². The van der Waals surface area contributed by atoms with Crippen molar-refractivity contribution < 1.29 is 4.74 Å². The quantitative estimate of drug-likeness (QED) is 0.370. The largest absolute Gasteiger partial charge is 0.494 e.